The van der Waals surface area contributed by atoms with E-state index in [9.17, 15) is 9.59 Å². The molecule has 1 aromatic carbocycles. The van der Waals surface area contributed by atoms with Crippen LogP contribution in [0.3, 0.4) is 0 Å². The summed E-state index contributed by atoms with van der Waals surface area (Å²) in [6.45, 7) is 4.17. The molecular formula is C21H30N2O4. The Morgan fingerprint density at radius 2 is 1.63 bits per heavy atom. The van der Waals surface area contributed by atoms with Gasteiger partial charge in [-0.2, -0.15) is 0 Å². The SMILES string of the molecule is COc1ccc([C@H]2C/C=C\C[C@@H](C(C)C)NC(=O)CCC(=O)N2)c(OC)c1. The lowest BCUT2D eigenvalue weighted by Crippen LogP contribution is -2.39. The van der Waals surface area contributed by atoms with Gasteiger partial charge in [-0.1, -0.05) is 26.0 Å². The summed E-state index contributed by atoms with van der Waals surface area (Å²) >= 11 is 0. The number of carbonyl (C=O) groups is 2. The molecule has 0 saturated carbocycles. The van der Waals surface area contributed by atoms with Crippen LogP contribution >= 0.6 is 0 Å². The first kappa shape index (κ1) is 20.8. The zero-order valence-corrected chi connectivity index (χ0v) is 16.6. The summed E-state index contributed by atoms with van der Waals surface area (Å²) in [5.41, 5.74) is 0.887. The minimum absolute atomic E-state index is 0.0743. The zero-order valence-electron chi connectivity index (χ0n) is 16.6. The topological polar surface area (TPSA) is 76.7 Å². The first-order valence-corrected chi connectivity index (χ1v) is 9.40. The van der Waals surface area contributed by atoms with E-state index in [0.29, 0.717) is 23.8 Å². The molecule has 2 amide bonds. The van der Waals surface area contributed by atoms with Crippen molar-refractivity contribution < 1.29 is 19.1 Å². The molecule has 2 rings (SSSR count). The van der Waals surface area contributed by atoms with Crippen molar-refractivity contribution in [2.24, 2.45) is 5.92 Å². The van der Waals surface area contributed by atoms with Crippen LogP contribution in [0.15, 0.2) is 30.4 Å². The highest BCUT2D eigenvalue weighted by Crippen LogP contribution is 2.31. The van der Waals surface area contributed by atoms with E-state index in [1.807, 2.05) is 18.2 Å². The van der Waals surface area contributed by atoms with E-state index in [1.54, 1.807) is 14.2 Å². The van der Waals surface area contributed by atoms with E-state index in [4.69, 9.17) is 9.47 Å². The smallest absolute Gasteiger partial charge is 0.221 e. The van der Waals surface area contributed by atoms with Crippen molar-refractivity contribution in [1.29, 1.82) is 0 Å². The van der Waals surface area contributed by atoms with Gasteiger partial charge in [-0.25, -0.2) is 0 Å². The standard InChI is InChI=1S/C21H30N2O4/c1-14(2)17-7-5-6-8-18(23-21(25)12-11-20(24)22-17)16-10-9-15(26-3)13-19(16)27-4/h5-6,9-10,13-14,17-18H,7-8,11-12H2,1-4H3,(H,22,24)(H,23,25)/b6-5-/t17-,18+/m0/s1. The quantitative estimate of drug-likeness (QED) is 0.794. The molecule has 148 valence electrons. The Hall–Kier alpha value is -2.50. The van der Waals surface area contributed by atoms with Crippen LogP contribution in [0.5, 0.6) is 11.5 Å². The second-order valence-electron chi connectivity index (χ2n) is 7.09. The molecular weight excluding hydrogens is 344 g/mol. The van der Waals surface area contributed by atoms with Crippen molar-refractivity contribution in [3.63, 3.8) is 0 Å². The lowest BCUT2D eigenvalue weighted by molar-refractivity contribution is -0.127. The van der Waals surface area contributed by atoms with Crippen LogP contribution < -0.4 is 20.1 Å². The molecule has 1 heterocycles. The predicted molar refractivity (Wildman–Crippen MR) is 105 cm³/mol. The van der Waals surface area contributed by atoms with Crippen molar-refractivity contribution >= 4 is 11.8 Å². The van der Waals surface area contributed by atoms with Crippen LogP contribution in [0, 0.1) is 5.92 Å². The Kier molecular flexibility index (Phi) is 7.70. The molecule has 0 radical (unpaired) electrons. The Bertz CT molecular complexity index is 685. The molecule has 0 aliphatic carbocycles. The first-order valence-electron chi connectivity index (χ1n) is 9.40. The van der Waals surface area contributed by atoms with Gasteiger partial charge >= 0.3 is 0 Å². The van der Waals surface area contributed by atoms with Gasteiger partial charge in [0.25, 0.3) is 0 Å². The average molecular weight is 374 g/mol. The number of nitrogens with one attached hydrogen (secondary N) is 2. The highest BCUT2D eigenvalue weighted by atomic mass is 16.5. The number of carbonyl (C=O) groups excluding carboxylic acids is 2. The van der Waals surface area contributed by atoms with Crippen molar-refractivity contribution in [2.75, 3.05) is 14.2 Å². The fourth-order valence-corrected chi connectivity index (χ4v) is 3.12. The van der Waals surface area contributed by atoms with E-state index >= 15 is 0 Å². The molecule has 2 N–H and O–H groups in total. The largest absolute Gasteiger partial charge is 0.497 e. The van der Waals surface area contributed by atoms with Crippen LogP contribution in [0.2, 0.25) is 0 Å². The number of methoxy groups -OCH3 is 2. The average Bonchev–Trinajstić information content (AvgIpc) is 2.66. The van der Waals surface area contributed by atoms with Crippen LogP contribution in [0.1, 0.15) is 51.1 Å². The van der Waals surface area contributed by atoms with E-state index < -0.39 is 0 Å². The molecule has 1 aromatic rings. The number of amides is 2. The van der Waals surface area contributed by atoms with Crippen molar-refractivity contribution in [2.45, 2.75) is 51.6 Å². The molecule has 0 saturated heterocycles. The maximum Gasteiger partial charge on any atom is 0.221 e. The van der Waals surface area contributed by atoms with E-state index in [-0.39, 0.29) is 36.7 Å². The van der Waals surface area contributed by atoms with E-state index in [1.165, 1.54) is 0 Å². The highest BCUT2D eigenvalue weighted by molar-refractivity contribution is 5.84. The second-order valence-corrected chi connectivity index (χ2v) is 7.09. The van der Waals surface area contributed by atoms with Crippen LogP contribution in [0.25, 0.3) is 0 Å². The van der Waals surface area contributed by atoms with E-state index in [2.05, 4.69) is 36.6 Å². The van der Waals surface area contributed by atoms with Gasteiger partial charge in [0, 0.05) is 30.5 Å². The predicted octanol–water partition coefficient (Wildman–Crippen LogP) is 3.13. The third kappa shape index (κ3) is 6.01. The van der Waals surface area contributed by atoms with E-state index in [0.717, 1.165) is 12.0 Å². The Labute approximate surface area is 161 Å². The summed E-state index contributed by atoms with van der Waals surface area (Å²) in [5.74, 6) is 1.45. The van der Waals surface area contributed by atoms with Gasteiger partial charge < -0.3 is 20.1 Å². The third-order valence-electron chi connectivity index (χ3n) is 4.81. The normalized spacial score (nSPS) is 22.9. The molecule has 6 heteroatoms. The maximum absolute atomic E-state index is 12.4. The number of hydrogen-bond acceptors (Lipinski definition) is 4. The van der Waals surface area contributed by atoms with Gasteiger partial charge in [0.1, 0.15) is 11.5 Å². The van der Waals surface area contributed by atoms with Gasteiger partial charge in [-0.15, -0.1) is 0 Å². The lowest BCUT2D eigenvalue weighted by Gasteiger charge is -2.23. The van der Waals surface area contributed by atoms with Crippen LogP contribution in [-0.2, 0) is 9.59 Å². The van der Waals surface area contributed by atoms with Crippen molar-refractivity contribution in [3.8, 4) is 11.5 Å². The zero-order chi connectivity index (χ0) is 19.8. The Balaban J connectivity index is 2.26. The summed E-state index contributed by atoms with van der Waals surface area (Å²) in [6, 6.07) is 5.42. The molecule has 6 nitrogen and oxygen atoms in total. The van der Waals surface area contributed by atoms with Crippen LogP contribution in [0.4, 0.5) is 0 Å². The van der Waals surface area contributed by atoms with Crippen molar-refractivity contribution in [3.05, 3.63) is 35.9 Å². The fourth-order valence-electron chi connectivity index (χ4n) is 3.12. The Morgan fingerprint density at radius 3 is 2.26 bits per heavy atom. The van der Waals surface area contributed by atoms with Gasteiger partial charge in [-0.05, 0) is 30.9 Å². The summed E-state index contributed by atoms with van der Waals surface area (Å²) in [5, 5.41) is 6.05. The molecule has 1 aliphatic heterocycles. The van der Waals surface area contributed by atoms with Crippen LogP contribution in [-0.4, -0.2) is 32.1 Å². The Morgan fingerprint density at radius 1 is 0.963 bits per heavy atom. The minimum Gasteiger partial charge on any atom is -0.497 e. The van der Waals surface area contributed by atoms with Gasteiger partial charge in [0.15, 0.2) is 0 Å². The maximum atomic E-state index is 12.4. The third-order valence-corrected chi connectivity index (χ3v) is 4.81. The molecule has 0 spiro atoms. The first-order chi connectivity index (χ1) is 12.9. The molecule has 0 unspecified atom stereocenters. The summed E-state index contributed by atoms with van der Waals surface area (Å²) in [4.78, 5) is 24.5. The molecule has 27 heavy (non-hydrogen) atoms. The number of ether oxygens (including phenoxy) is 2. The van der Waals surface area contributed by atoms with Gasteiger partial charge in [0.05, 0.1) is 20.3 Å². The molecule has 0 fully saturated rings. The summed E-state index contributed by atoms with van der Waals surface area (Å²) < 4.78 is 10.7. The monoisotopic (exact) mass is 374 g/mol. The molecule has 0 bridgehead atoms. The summed E-state index contributed by atoms with van der Waals surface area (Å²) in [6.07, 6.45) is 5.89. The molecule has 0 aromatic heterocycles. The molecule has 1 aliphatic rings. The van der Waals surface area contributed by atoms with Gasteiger partial charge in [0.2, 0.25) is 11.8 Å². The summed E-state index contributed by atoms with van der Waals surface area (Å²) in [7, 11) is 3.20. The van der Waals surface area contributed by atoms with Gasteiger partial charge in [-0.3, -0.25) is 9.59 Å². The molecule has 2 atom stereocenters. The number of rotatable bonds is 4. The highest BCUT2D eigenvalue weighted by Gasteiger charge is 2.21. The lowest BCUT2D eigenvalue weighted by atomic mass is 9.98. The fraction of sp³-hybridized carbons (Fsp3) is 0.524. The minimum atomic E-state index is -0.227. The van der Waals surface area contributed by atoms with Crippen molar-refractivity contribution in [1.82, 2.24) is 10.6 Å². The number of benzene rings is 1. The second kappa shape index (κ2) is 10.00. The number of hydrogen-bond donors (Lipinski definition) is 2.